The van der Waals surface area contributed by atoms with Gasteiger partial charge >= 0.3 is 0 Å². The summed E-state index contributed by atoms with van der Waals surface area (Å²) in [6.07, 6.45) is 7.11. The van der Waals surface area contributed by atoms with Crippen LogP contribution in [0.2, 0.25) is 0 Å². The van der Waals surface area contributed by atoms with Crippen molar-refractivity contribution in [1.29, 1.82) is 0 Å². The average Bonchev–Trinajstić information content (AvgIpc) is 3.08. The summed E-state index contributed by atoms with van der Waals surface area (Å²) in [5, 5.41) is 45.2. The molecule has 0 amide bonds. The summed E-state index contributed by atoms with van der Waals surface area (Å²) in [5.41, 5.74) is -1.44. The van der Waals surface area contributed by atoms with Crippen molar-refractivity contribution in [3.8, 4) is 0 Å². The Labute approximate surface area is 212 Å². The molecule has 0 bridgehead atoms. The van der Waals surface area contributed by atoms with Crippen LogP contribution in [0.3, 0.4) is 0 Å². The lowest BCUT2D eigenvalue weighted by Gasteiger charge is -2.64. The lowest BCUT2D eigenvalue weighted by atomic mass is 9.41. The normalized spacial score (nSPS) is 60.9. The summed E-state index contributed by atoms with van der Waals surface area (Å²) in [6, 6.07) is 0. The Morgan fingerprint density at radius 3 is 2.09 bits per heavy atom. The number of hydrogen-bond donors (Lipinski definition) is 4. The summed E-state index contributed by atoms with van der Waals surface area (Å²) in [5.74, 6) is 0.544. The monoisotopic (exact) mass is 490 g/mol. The van der Waals surface area contributed by atoms with Crippen LogP contribution in [0.25, 0.3) is 0 Å². The van der Waals surface area contributed by atoms with E-state index >= 15 is 0 Å². The Kier molecular flexibility index (Phi) is 4.92. The van der Waals surface area contributed by atoms with Gasteiger partial charge in [0.05, 0.1) is 35.6 Å². The van der Waals surface area contributed by atoms with E-state index in [1.54, 1.807) is 0 Å². The number of aliphatic hydroxyl groups excluding tert-OH is 3. The van der Waals surface area contributed by atoms with Crippen molar-refractivity contribution in [3.63, 3.8) is 0 Å². The number of fused-ring (bicyclic) bond motifs is 2. The molecule has 5 nitrogen and oxygen atoms in total. The van der Waals surface area contributed by atoms with Crippen molar-refractivity contribution in [2.75, 3.05) is 0 Å². The molecule has 5 saturated carbocycles. The van der Waals surface area contributed by atoms with E-state index in [2.05, 4.69) is 34.6 Å². The SMILES string of the molecule is CC(C)(O)[C@@H]1CC[C@](C)([C@H]2[C@@H](O)C[C@@]3(C)[C@@H]4[C@@H](O)C[C@H]5C(C)(C)[C@@H](O)CC[C@@]56C[C@@]46CC[C@]23C)O1. The molecule has 35 heavy (non-hydrogen) atoms. The highest BCUT2D eigenvalue weighted by molar-refractivity contribution is 5.33. The highest BCUT2D eigenvalue weighted by Gasteiger charge is 2.85. The lowest BCUT2D eigenvalue weighted by Crippen LogP contribution is -2.62. The molecule has 0 unspecified atom stereocenters. The smallest absolute Gasteiger partial charge is 0.0865 e. The van der Waals surface area contributed by atoms with Gasteiger partial charge in [0.15, 0.2) is 0 Å². The molecular weight excluding hydrogens is 440 g/mol. The molecule has 0 aromatic rings. The molecule has 1 heterocycles. The summed E-state index contributed by atoms with van der Waals surface area (Å²) in [4.78, 5) is 0. The summed E-state index contributed by atoms with van der Waals surface area (Å²) < 4.78 is 6.65. The van der Waals surface area contributed by atoms with Gasteiger partial charge in [0.1, 0.15) is 0 Å². The van der Waals surface area contributed by atoms with E-state index in [1.165, 1.54) is 6.42 Å². The van der Waals surface area contributed by atoms with Gasteiger partial charge in [-0.3, -0.25) is 0 Å². The van der Waals surface area contributed by atoms with E-state index < -0.39 is 23.4 Å². The maximum Gasteiger partial charge on any atom is 0.0865 e. The first kappa shape index (κ1) is 25.1. The molecule has 12 atom stereocenters. The van der Waals surface area contributed by atoms with Crippen LogP contribution < -0.4 is 0 Å². The summed E-state index contributed by atoms with van der Waals surface area (Å²) in [6.45, 7) is 15.0. The van der Waals surface area contributed by atoms with Gasteiger partial charge in [0, 0.05) is 5.92 Å². The number of aliphatic hydroxyl groups is 4. The molecule has 6 rings (SSSR count). The minimum Gasteiger partial charge on any atom is -0.393 e. The van der Waals surface area contributed by atoms with E-state index in [0.717, 1.165) is 51.4 Å². The van der Waals surface area contributed by atoms with Gasteiger partial charge in [0.2, 0.25) is 0 Å². The summed E-state index contributed by atoms with van der Waals surface area (Å²) in [7, 11) is 0. The van der Waals surface area contributed by atoms with E-state index in [1.807, 2.05) is 13.8 Å². The third-order valence-electron chi connectivity index (χ3n) is 13.8. The molecule has 0 aromatic heterocycles. The maximum absolute atomic E-state index is 11.9. The Bertz CT molecular complexity index is 911. The highest BCUT2D eigenvalue weighted by atomic mass is 16.5. The van der Waals surface area contributed by atoms with Crippen LogP contribution in [0.5, 0.6) is 0 Å². The molecule has 5 heteroatoms. The van der Waals surface area contributed by atoms with Gasteiger partial charge in [-0.25, -0.2) is 0 Å². The first-order valence-electron chi connectivity index (χ1n) is 14.4. The Morgan fingerprint density at radius 2 is 1.46 bits per heavy atom. The van der Waals surface area contributed by atoms with Gasteiger partial charge < -0.3 is 25.2 Å². The van der Waals surface area contributed by atoms with E-state index in [-0.39, 0.29) is 51.1 Å². The van der Waals surface area contributed by atoms with Gasteiger partial charge in [-0.15, -0.1) is 0 Å². The van der Waals surface area contributed by atoms with Gasteiger partial charge in [0.25, 0.3) is 0 Å². The number of ether oxygens (including phenoxy) is 1. The molecule has 1 aliphatic heterocycles. The zero-order valence-electron chi connectivity index (χ0n) is 23.1. The van der Waals surface area contributed by atoms with Crippen molar-refractivity contribution >= 4 is 0 Å². The molecule has 200 valence electrons. The quantitative estimate of drug-likeness (QED) is 0.460. The second-order valence-electron chi connectivity index (χ2n) is 15.9. The van der Waals surface area contributed by atoms with Crippen LogP contribution in [-0.4, -0.2) is 56.0 Å². The molecule has 0 aromatic carbocycles. The second-order valence-corrected chi connectivity index (χ2v) is 15.9. The molecule has 1 saturated heterocycles. The fourth-order valence-corrected chi connectivity index (χ4v) is 12.1. The number of rotatable bonds is 2. The van der Waals surface area contributed by atoms with Crippen molar-refractivity contribution in [2.45, 2.75) is 142 Å². The molecule has 0 radical (unpaired) electrons. The zero-order chi connectivity index (χ0) is 25.6. The van der Waals surface area contributed by atoms with Crippen LogP contribution in [0, 0.1) is 44.8 Å². The van der Waals surface area contributed by atoms with E-state index in [0.29, 0.717) is 5.92 Å². The summed E-state index contributed by atoms with van der Waals surface area (Å²) >= 11 is 0. The Hall–Kier alpha value is -0.200. The molecule has 5 aliphatic carbocycles. The topological polar surface area (TPSA) is 90.2 Å². The minimum atomic E-state index is -0.893. The fraction of sp³-hybridized carbons (Fsp3) is 1.00. The Morgan fingerprint density at radius 1 is 0.771 bits per heavy atom. The molecule has 2 spiro atoms. The van der Waals surface area contributed by atoms with Crippen LogP contribution >= 0.6 is 0 Å². The molecule has 6 fully saturated rings. The fourth-order valence-electron chi connectivity index (χ4n) is 12.1. The van der Waals surface area contributed by atoms with Gasteiger partial charge in [-0.2, -0.15) is 0 Å². The average molecular weight is 491 g/mol. The van der Waals surface area contributed by atoms with Crippen molar-refractivity contribution in [2.24, 2.45) is 44.8 Å². The lowest BCUT2D eigenvalue weighted by molar-refractivity contribution is -0.217. The first-order valence-corrected chi connectivity index (χ1v) is 14.4. The molecule has 6 aliphatic rings. The zero-order valence-corrected chi connectivity index (χ0v) is 23.1. The Balaban J connectivity index is 1.37. The third kappa shape index (κ3) is 2.78. The molecule has 4 N–H and O–H groups in total. The number of hydrogen-bond acceptors (Lipinski definition) is 5. The van der Waals surface area contributed by atoms with Crippen molar-refractivity contribution in [1.82, 2.24) is 0 Å². The van der Waals surface area contributed by atoms with Gasteiger partial charge in [-0.1, -0.05) is 27.7 Å². The van der Waals surface area contributed by atoms with Crippen molar-refractivity contribution < 1.29 is 25.2 Å². The third-order valence-corrected chi connectivity index (χ3v) is 13.8. The second kappa shape index (κ2) is 6.86. The van der Waals surface area contributed by atoms with Crippen LogP contribution in [0.1, 0.15) is 106 Å². The predicted octanol–water partition coefficient (Wildman–Crippen LogP) is 4.44. The van der Waals surface area contributed by atoms with Crippen LogP contribution in [0.15, 0.2) is 0 Å². The van der Waals surface area contributed by atoms with E-state index in [4.69, 9.17) is 4.74 Å². The first-order chi connectivity index (χ1) is 16.0. The standard InChI is InChI=1S/C30H50O5/c1-24(2)19-14-17(31)23-27(6)15-18(32)22(28(7)10-9-21(35-28)25(3,4)34)26(27,5)12-13-30(23)16-29(19,30)11-8-20(24)33/h17-23,31-34H,8-16H2,1-7H3/t17-,18-,19-,20-,21-,22-,23-,26+,27-,28+,29+,30-/m0/s1. The van der Waals surface area contributed by atoms with E-state index in [9.17, 15) is 20.4 Å². The molecular formula is C30H50O5. The largest absolute Gasteiger partial charge is 0.393 e. The van der Waals surface area contributed by atoms with Crippen LogP contribution in [0.4, 0.5) is 0 Å². The highest BCUT2D eigenvalue weighted by Crippen LogP contribution is 2.89. The maximum atomic E-state index is 11.9. The van der Waals surface area contributed by atoms with Gasteiger partial charge in [-0.05, 0) is 117 Å². The minimum absolute atomic E-state index is 0.00561. The van der Waals surface area contributed by atoms with Crippen LogP contribution in [-0.2, 0) is 4.74 Å². The van der Waals surface area contributed by atoms with Crippen molar-refractivity contribution in [3.05, 3.63) is 0 Å². The predicted molar refractivity (Wildman–Crippen MR) is 134 cm³/mol.